The quantitative estimate of drug-likeness (QED) is 0.453. The summed E-state index contributed by atoms with van der Waals surface area (Å²) in [5.74, 6) is -3.34. The molecule has 0 unspecified atom stereocenters. The Kier molecular flexibility index (Phi) is 7.31. The molecule has 2 aromatic rings. The van der Waals surface area contributed by atoms with Crippen molar-refractivity contribution < 1.29 is 54.2 Å². The number of carbonyl (C=O) groups excluding carboxylic acids is 1. The topological polar surface area (TPSA) is 100 Å². The van der Waals surface area contributed by atoms with Crippen molar-refractivity contribution in [2.24, 2.45) is 5.41 Å². The lowest BCUT2D eigenvalue weighted by Crippen LogP contribution is -2.71. The number of aromatic nitrogens is 3. The zero-order chi connectivity index (χ0) is 27.8. The molecular weight excluding hydrogens is 529 g/mol. The lowest BCUT2D eigenvalue weighted by molar-refractivity contribution is -0.192. The van der Waals surface area contributed by atoms with Crippen molar-refractivity contribution in [3.05, 3.63) is 41.7 Å². The smallest absolute Gasteiger partial charge is 0.475 e. The number of likely N-dealkylation sites (tertiary alicyclic amines) is 1. The molecule has 37 heavy (non-hydrogen) atoms. The fourth-order valence-corrected chi connectivity index (χ4v) is 3.43. The van der Waals surface area contributed by atoms with Gasteiger partial charge in [0.1, 0.15) is 6.33 Å². The highest BCUT2D eigenvalue weighted by Crippen LogP contribution is 2.38. The van der Waals surface area contributed by atoms with Gasteiger partial charge in [-0.05, 0) is 18.2 Å². The largest absolute Gasteiger partial charge is 0.490 e. The van der Waals surface area contributed by atoms with Gasteiger partial charge in [-0.15, -0.1) is 5.10 Å². The molecule has 17 heteroatoms. The van der Waals surface area contributed by atoms with Crippen molar-refractivity contribution in [2.45, 2.75) is 18.5 Å². The number of carbonyl (C=O) groups is 2. The summed E-state index contributed by atoms with van der Waals surface area (Å²) >= 11 is 0. The average Bonchev–Trinajstić information content (AvgIpc) is 3.17. The van der Waals surface area contributed by atoms with Crippen LogP contribution in [0.3, 0.4) is 0 Å². The molecule has 1 spiro atoms. The van der Waals surface area contributed by atoms with Crippen molar-refractivity contribution in [3.8, 4) is 11.4 Å². The van der Waals surface area contributed by atoms with Gasteiger partial charge in [-0.1, -0.05) is 0 Å². The van der Waals surface area contributed by atoms with E-state index in [-0.39, 0.29) is 23.2 Å². The molecule has 0 saturated carbocycles. The Labute approximate surface area is 201 Å². The van der Waals surface area contributed by atoms with Gasteiger partial charge in [-0.2, -0.15) is 39.5 Å². The monoisotopic (exact) mass is 545 g/mol. The zero-order valence-electron chi connectivity index (χ0n) is 18.2. The minimum absolute atomic E-state index is 0.0382. The van der Waals surface area contributed by atoms with E-state index in [1.165, 1.54) is 12.3 Å². The van der Waals surface area contributed by atoms with Crippen LogP contribution in [0.25, 0.3) is 17.6 Å². The van der Waals surface area contributed by atoms with Gasteiger partial charge in [0.15, 0.2) is 5.82 Å². The molecule has 2 N–H and O–H groups in total. The number of rotatable bonds is 3. The summed E-state index contributed by atoms with van der Waals surface area (Å²) in [7, 11) is 0. The van der Waals surface area contributed by atoms with Crippen LogP contribution in [0.4, 0.5) is 39.5 Å². The first-order valence-electron chi connectivity index (χ1n) is 10.1. The Morgan fingerprint density at radius 2 is 1.46 bits per heavy atom. The Bertz CT molecular complexity index is 1160. The van der Waals surface area contributed by atoms with Gasteiger partial charge in [0, 0.05) is 49.4 Å². The number of hydrogen-bond donors (Lipinski definition) is 2. The van der Waals surface area contributed by atoms with Gasteiger partial charge in [0.25, 0.3) is 0 Å². The van der Waals surface area contributed by atoms with E-state index in [0.29, 0.717) is 25.2 Å². The number of hydrogen-bond acceptors (Lipinski definition) is 5. The number of amides is 1. The maximum atomic E-state index is 13.0. The maximum absolute atomic E-state index is 13.0. The van der Waals surface area contributed by atoms with Crippen LogP contribution in [0.2, 0.25) is 0 Å². The molecule has 1 amide bonds. The third kappa shape index (κ3) is 6.78. The summed E-state index contributed by atoms with van der Waals surface area (Å²) in [6.45, 7) is 3.00. The van der Waals surface area contributed by atoms with Crippen LogP contribution in [-0.2, 0) is 21.9 Å². The molecule has 2 fully saturated rings. The SMILES string of the molecule is O=C(/C=C\n1cnc(-c2cc(C(F)(F)F)cc(C(F)(F)F)c2)n1)N1CC2(CNC2)C1.O=C(O)C(F)(F)F. The van der Waals surface area contributed by atoms with Crippen molar-refractivity contribution in [3.63, 3.8) is 0 Å². The Balaban J connectivity index is 0.000000479. The molecule has 4 rings (SSSR count). The second kappa shape index (κ2) is 9.68. The molecule has 202 valence electrons. The van der Waals surface area contributed by atoms with E-state index in [4.69, 9.17) is 9.90 Å². The van der Waals surface area contributed by atoms with Gasteiger partial charge < -0.3 is 15.3 Å². The number of nitrogens with one attached hydrogen (secondary N) is 1. The third-order valence-corrected chi connectivity index (χ3v) is 5.33. The van der Waals surface area contributed by atoms with Crippen LogP contribution < -0.4 is 5.32 Å². The van der Waals surface area contributed by atoms with Crippen LogP contribution in [0, 0.1) is 5.41 Å². The summed E-state index contributed by atoms with van der Waals surface area (Å²) in [5.41, 5.74) is -3.18. The van der Waals surface area contributed by atoms with E-state index in [1.54, 1.807) is 4.90 Å². The predicted molar refractivity (Wildman–Crippen MR) is 106 cm³/mol. The number of halogens is 9. The van der Waals surface area contributed by atoms with Gasteiger partial charge in [0.2, 0.25) is 5.91 Å². The third-order valence-electron chi connectivity index (χ3n) is 5.33. The van der Waals surface area contributed by atoms with Gasteiger partial charge in [-0.25, -0.2) is 14.5 Å². The fraction of sp³-hybridized carbons (Fsp3) is 0.400. The van der Waals surface area contributed by atoms with Gasteiger partial charge in [-0.3, -0.25) is 4.79 Å². The fourth-order valence-electron chi connectivity index (χ4n) is 3.43. The number of alkyl halides is 9. The molecule has 2 aliphatic rings. The lowest BCUT2D eigenvalue weighted by atomic mass is 9.74. The molecular formula is C20H16F9N5O3. The summed E-state index contributed by atoms with van der Waals surface area (Å²) in [6, 6.07) is 1.14. The average molecular weight is 545 g/mol. The van der Waals surface area contributed by atoms with Crippen LogP contribution in [0.5, 0.6) is 0 Å². The van der Waals surface area contributed by atoms with E-state index in [9.17, 15) is 44.3 Å². The molecule has 0 radical (unpaired) electrons. The Morgan fingerprint density at radius 1 is 0.946 bits per heavy atom. The van der Waals surface area contributed by atoms with Crippen molar-refractivity contribution in [1.82, 2.24) is 25.0 Å². The first-order valence-corrected chi connectivity index (χ1v) is 10.1. The van der Waals surface area contributed by atoms with Crippen molar-refractivity contribution >= 4 is 18.1 Å². The second-order valence-corrected chi connectivity index (χ2v) is 8.26. The summed E-state index contributed by atoms with van der Waals surface area (Å²) in [6.07, 6.45) is -11.4. The first kappa shape index (κ1) is 27.9. The highest BCUT2D eigenvalue weighted by atomic mass is 19.4. The van der Waals surface area contributed by atoms with Gasteiger partial charge >= 0.3 is 24.5 Å². The van der Waals surface area contributed by atoms with Crippen LogP contribution in [0.15, 0.2) is 30.6 Å². The Morgan fingerprint density at radius 3 is 1.86 bits per heavy atom. The first-order chi connectivity index (χ1) is 16.9. The van der Waals surface area contributed by atoms with E-state index in [1.807, 2.05) is 0 Å². The molecule has 3 heterocycles. The summed E-state index contributed by atoms with van der Waals surface area (Å²) in [4.78, 5) is 26.4. The van der Waals surface area contributed by atoms with E-state index < -0.39 is 41.2 Å². The second-order valence-electron chi connectivity index (χ2n) is 8.26. The van der Waals surface area contributed by atoms with Gasteiger partial charge in [0.05, 0.1) is 11.1 Å². The van der Waals surface area contributed by atoms with Crippen LogP contribution in [0.1, 0.15) is 11.1 Å². The molecule has 2 saturated heterocycles. The van der Waals surface area contributed by atoms with E-state index in [2.05, 4.69) is 15.4 Å². The molecule has 1 aromatic carbocycles. The normalized spacial score (nSPS) is 17.2. The zero-order valence-corrected chi connectivity index (χ0v) is 18.2. The number of nitrogens with zero attached hydrogens (tertiary/aromatic N) is 4. The lowest BCUT2D eigenvalue weighted by Gasteiger charge is -2.55. The molecule has 2 aliphatic heterocycles. The predicted octanol–water partition coefficient (Wildman–Crippen LogP) is 3.52. The van der Waals surface area contributed by atoms with E-state index >= 15 is 0 Å². The standard InChI is InChI=1S/C18H15F6N5O.C2HF3O2/c19-17(20,21)12-3-11(4-13(5-12)18(22,23)24)15-26-10-29(27-15)2-1-14(30)28-8-16(9-28)6-25-7-16;3-2(4,5)1(6)7/h1-5,10,25H,6-9H2;(H,6,7)/b2-1-;. The number of aliphatic carboxylic acids is 1. The van der Waals surface area contributed by atoms with Crippen LogP contribution >= 0.6 is 0 Å². The highest BCUT2D eigenvalue weighted by Gasteiger charge is 2.48. The summed E-state index contributed by atoms with van der Waals surface area (Å²) < 4.78 is 111. The molecule has 0 atom stereocenters. The molecule has 1 aromatic heterocycles. The Hall–Kier alpha value is -3.63. The number of carboxylic acids is 1. The van der Waals surface area contributed by atoms with E-state index in [0.717, 1.165) is 24.1 Å². The van der Waals surface area contributed by atoms with Crippen molar-refractivity contribution in [1.29, 1.82) is 0 Å². The van der Waals surface area contributed by atoms with Crippen molar-refractivity contribution in [2.75, 3.05) is 26.2 Å². The van der Waals surface area contributed by atoms with Crippen LogP contribution in [-0.4, -0.2) is 69.0 Å². The molecule has 8 nitrogen and oxygen atoms in total. The number of benzene rings is 1. The molecule has 0 bridgehead atoms. The maximum Gasteiger partial charge on any atom is 0.490 e. The minimum atomic E-state index is -5.08. The number of carboxylic acid groups (broad SMARTS) is 1. The highest BCUT2D eigenvalue weighted by molar-refractivity contribution is 5.90. The molecule has 0 aliphatic carbocycles. The summed E-state index contributed by atoms with van der Waals surface area (Å²) in [5, 5.41) is 14.1. The minimum Gasteiger partial charge on any atom is -0.475 e.